The minimum absolute atomic E-state index is 0.262. The number of nitrogens with two attached hydrogens (primary N) is 1. The second-order valence-corrected chi connectivity index (χ2v) is 4.20. The predicted octanol–water partition coefficient (Wildman–Crippen LogP) is 3.50. The summed E-state index contributed by atoms with van der Waals surface area (Å²) in [4.78, 5) is 0. The Kier molecular flexibility index (Phi) is 3.77. The van der Waals surface area contributed by atoms with Crippen LogP contribution < -0.4 is 10.5 Å². The Morgan fingerprint density at radius 1 is 1.17 bits per heavy atom. The summed E-state index contributed by atoms with van der Waals surface area (Å²) in [6, 6.07) is 11.0. The van der Waals surface area contributed by atoms with Crippen LogP contribution in [-0.2, 0) is 0 Å². The average Bonchev–Trinajstić information content (AvgIpc) is 2.35. The molecule has 2 aromatic rings. The molecule has 2 aromatic carbocycles. The van der Waals surface area contributed by atoms with Gasteiger partial charge in [0.2, 0.25) is 0 Å². The van der Waals surface area contributed by atoms with E-state index in [1.807, 2.05) is 36.4 Å². The molecule has 0 fully saturated rings. The minimum atomic E-state index is -2.50. The summed E-state index contributed by atoms with van der Waals surface area (Å²) in [6.45, 7) is 1.19. The van der Waals surface area contributed by atoms with Gasteiger partial charge in [-0.3, -0.25) is 0 Å². The van der Waals surface area contributed by atoms with Crippen LogP contribution in [0, 0.1) is 0 Å². The molecule has 2 nitrogen and oxygen atoms in total. The number of hydrogen-bond donors (Lipinski definition) is 1. The molecule has 0 bridgehead atoms. The zero-order valence-electron chi connectivity index (χ0n) is 10.1. The van der Waals surface area contributed by atoms with Gasteiger partial charge in [0, 0.05) is 17.0 Å². The fourth-order valence-electron chi connectivity index (χ4n) is 1.93. The zero-order chi connectivity index (χ0) is 13.1. The SMILES string of the molecule is C[C@@H](N)c1ccc2ccccc2c1OCC(F)F. The van der Waals surface area contributed by atoms with Gasteiger partial charge in [0.05, 0.1) is 0 Å². The Morgan fingerprint density at radius 2 is 1.89 bits per heavy atom. The van der Waals surface area contributed by atoms with Crippen LogP contribution in [0.2, 0.25) is 0 Å². The van der Waals surface area contributed by atoms with Gasteiger partial charge in [0.15, 0.2) is 0 Å². The second kappa shape index (κ2) is 5.31. The molecule has 1 atom stereocenters. The molecule has 0 heterocycles. The number of rotatable bonds is 4. The number of alkyl halides is 2. The topological polar surface area (TPSA) is 35.2 Å². The molecule has 0 spiro atoms. The maximum absolute atomic E-state index is 12.3. The van der Waals surface area contributed by atoms with Crippen molar-refractivity contribution < 1.29 is 13.5 Å². The van der Waals surface area contributed by atoms with Crippen molar-refractivity contribution in [2.75, 3.05) is 6.61 Å². The lowest BCUT2D eigenvalue weighted by molar-refractivity contribution is 0.0820. The van der Waals surface area contributed by atoms with E-state index in [2.05, 4.69) is 0 Å². The summed E-state index contributed by atoms with van der Waals surface area (Å²) in [7, 11) is 0. The first-order valence-electron chi connectivity index (χ1n) is 5.77. The van der Waals surface area contributed by atoms with E-state index in [9.17, 15) is 8.78 Å². The van der Waals surface area contributed by atoms with Gasteiger partial charge in [-0.05, 0) is 12.3 Å². The van der Waals surface area contributed by atoms with Gasteiger partial charge in [-0.15, -0.1) is 0 Å². The van der Waals surface area contributed by atoms with Gasteiger partial charge in [0.1, 0.15) is 12.4 Å². The minimum Gasteiger partial charge on any atom is -0.487 e. The molecule has 2 N–H and O–H groups in total. The van der Waals surface area contributed by atoms with Crippen molar-refractivity contribution >= 4 is 10.8 Å². The highest BCUT2D eigenvalue weighted by atomic mass is 19.3. The van der Waals surface area contributed by atoms with E-state index in [0.29, 0.717) is 5.75 Å². The first-order chi connectivity index (χ1) is 8.59. The lowest BCUT2D eigenvalue weighted by Crippen LogP contribution is -2.12. The van der Waals surface area contributed by atoms with Crippen LogP contribution in [0.4, 0.5) is 8.78 Å². The van der Waals surface area contributed by atoms with Crippen molar-refractivity contribution in [1.29, 1.82) is 0 Å². The standard InChI is InChI=1S/C14H15F2NO/c1-9(17)11-7-6-10-4-2-3-5-12(10)14(11)18-8-13(15)16/h2-7,9,13H,8,17H2,1H3/t9-/m1/s1. The third-order valence-electron chi connectivity index (χ3n) is 2.75. The summed E-state index contributed by atoms with van der Waals surface area (Å²) in [5.41, 5.74) is 6.59. The molecular weight excluding hydrogens is 236 g/mol. The van der Waals surface area contributed by atoms with Crippen molar-refractivity contribution in [2.45, 2.75) is 19.4 Å². The number of benzene rings is 2. The normalized spacial score (nSPS) is 12.9. The van der Waals surface area contributed by atoms with Gasteiger partial charge >= 0.3 is 0 Å². The van der Waals surface area contributed by atoms with Crippen LogP contribution in [0.25, 0.3) is 10.8 Å². The van der Waals surface area contributed by atoms with Crippen molar-refractivity contribution in [3.63, 3.8) is 0 Å². The van der Waals surface area contributed by atoms with E-state index in [1.165, 1.54) is 0 Å². The molecule has 0 unspecified atom stereocenters. The van der Waals surface area contributed by atoms with Crippen LogP contribution >= 0.6 is 0 Å². The third-order valence-corrected chi connectivity index (χ3v) is 2.75. The molecule has 4 heteroatoms. The van der Waals surface area contributed by atoms with Crippen LogP contribution in [0.5, 0.6) is 5.75 Å². The first-order valence-corrected chi connectivity index (χ1v) is 5.77. The molecule has 0 aliphatic rings. The largest absolute Gasteiger partial charge is 0.487 e. The van der Waals surface area contributed by atoms with E-state index in [0.717, 1.165) is 16.3 Å². The second-order valence-electron chi connectivity index (χ2n) is 4.20. The van der Waals surface area contributed by atoms with E-state index in [-0.39, 0.29) is 6.04 Å². The van der Waals surface area contributed by atoms with Crippen LogP contribution in [0.3, 0.4) is 0 Å². The lowest BCUT2D eigenvalue weighted by Gasteiger charge is -2.16. The molecule has 0 aromatic heterocycles. The van der Waals surface area contributed by atoms with Crippen LogP contribution in [-0.4, -0.2) is 13.0 Å². The molecule has 0 saturated carbocycles. The highest BCUT2D eigenvalue weighted by molar-refractivity contribution is 5.89. The molecular formula is C14H15F2NO. The van der Waals surface area contributed by atoms with Gasteiger partial charge in [-0.25, -0.2) is 8.78 Å². The molecule has 2 rings (SSSR count). The van der Waals surface area contributed by atoms with Crippen LogP contribution in [0.1, 0.15) is 18.5 Å². The molecule has 0 aliphatic carbocycles. The summed E-state index contributed by atoms with van der Waals surface area (Å²) in [5.74, 6) is 0.461. The molecule has 96 valence electrons. The Balaban J connectivity index is 2.52. The smallest absolute Gasteiger partial charge is 0.272 e. The van der Waals surface area contributed by atoms with E-state index >= 15 is 0 Å². The fraction of sp³-hybridized carbons (Fsp3) is 0.286. The van der Waals surface area contributed by atoms with Crippen molar-refractivity contribution in [2.24, 2.45) is 5.73 Å². The van der Waals surface area contributed by atoms with Crippen LogP contribution in [0.15, 0.2) is 36.4 Å². The van der Waals surface area contributed by atoms with Gasteiger partial charge in [0.25, 0.3) is 6.43 Å². The van der Waals surface area contributed by atoms with E-state index in [1.54, 1.807) is 6.92 Å². The summed E-state index contributed by atoms with van der Waals surface area (Å²) in [5, 5.41) is 1.76. The first kappa shape index (κ1) is 12.8. The maximum Gasteiger partial charge on any atom is 0.272 e. The van der Waals surface area contributed by atoms with Gasteiger partial charge in [-0.1, -0.05) is 36.4 Å². The van der Waals surface area contributed by atoms with E-state index in [4.69, 9.17) is 10.5 Å². The Bertz CT molecular complexity index is 540. The summed E-state index contributed by atoms with van der Waals surface area (Å²) >= 11 is 0. The third kappa shape index (κ3) is 2.59. The number of hydrogen-bond acceptors (Lipinski definition) is 2. The number of ether oxygens (including phenoxy) is 1. The quantitative estimate of drug-likeness (QED) is 0.902. The molecule has 0 radical (unpaired) electrons. The van der Waals surface area contributed by atoms with E-state index < -0.39 is 13.0 Å². The Morgan fingerprint density at radius 3 is 2.56 bits per heavy atom. The molecule has 0 aliphatic heterocycles. The average molecular weight is 251 g/mol. The fourth-order valence-corrected chi connectivity index (χ4v) is 1.93. The monoisotopic (exact) mass is 251 g/mol. The van der Waals surface area contributed by atoms with Crippen molar-refractivity contribution in [3.05, 3.63) is 42.0 Å². The Labute approximate surface area is 104 Å². The lowest BCUT2D eigenvalue weighted by atomic mass is 10.0. The van der Waals surface area contributed by atoms with Crippen molar-refractivity contribution in [3.8, 4) is 5.75 Å². The maximum atomic E-state index is 12.3. The molecule has 0 saturated heterocycles. The number of fused-ring (bicyclic) bond motifs is 1. The highest BCUT2D eigenvalue weighted by Crippen LogP contribution is 2.33. The zero-order valence-corrected chi connectivity index (χ0v) is 10.1. The summed E-state index contributed by atoms with van der Waals surface area (Å²) < 4.78 is 29.8. The number of halogens is 2. The predicted molar refractivity (Wildman–Crippen MR) is 68.0 cm³/mol. The molecule has 18 heavy (non-hydrogen) atoms. The van der Waals surface area contributed by atoms with Gasteiger partial charge < -0.3 is 10.5 Å². The van der Waals surface area contributed by atoms with Gasteiger partial charge in [-0.2, -0.15) is 0 Å². The molecule has 0 amide bonds. The Hall–Kier alpha value is -1.68. The highest BCUT2D eigenvalue weighted by Gasteiger charge is 2.14. The summed E-state index contributed by atoms with van der Waals surface area (Å²) in [6.07, 6.45) is -2.50. The van der Waals surface area contributed by atoms with Crippen molar-refractivity contribution in [1.82, 2.24) is 0 Å².